The van der Waals surface area contributed by atoms with Crippen molar-refractivity contribution in [1.82, 2.24) is 10.2 Å². The van der Waals surface area contributed by atoms with E-state index in [1.807, 2.05) is 6.08 Å². The van der Waals surface area contributed by atoms with E-state index >= 15 is 0 Å². The highest BCUT2D eigenvalue weighted by Gasteiger charge is 2.66. The van der Waals surface area contributed by atoms with E-state index in [1.165, 1.54) is 12.1 Å². The molecule has 0 amide bonds. The Morgan fingerprint density at radius 3 is 2.63 bits per heavy atom. The number of H-pyrrole nitrogens is 1. The number of aromatic amines is 1. The van der Waals surface area contributed by atoms with Crippen LogP contribution in [0.4, 0.5) is 4.39 Å². The molecule has 2 aromatic rings. The number of benzene rings is 1. The molecular formula is C30H35FN2O5. The van der Waals surface area contributed by atoms with Gasteiger partial charge >= 0.3 is 5.97 Å². The van der Waals surface area contributed by atoms with Crippen molar-refractivity contribution in [1.29, 1.82) is 0 Å². The van der Waals surface area contributed by atoms with Crippen molar-refractivity contribution < 1.29 is 28.1 Å². The number of aromatic nitrogens is 2. The molecule has 1 N–H and O–H groups in total. The van der Waals surface area contributed by atoms with Crippen LogP contribution in [0.5, 0.6) is 0 Å². The van der Waals surface area contributed by atoms with Crippen LogP contribution in [-0.2, 0) is 23.7 Å². The van der Waals surface area contributed by atoms with Crippen molar-refractivity contribution in [2.24, 2.45) is 22.7 Å². The average Bonchev–Trinajstić information content (AvgIpc) is 3.62. The van der Waals surface area contributed by atoms with E-state index in [0.29, 0.717) is 30.6 Å². The number of hydrogen-bond acceptors (Lipinski definition) is 6. The first kappa shape index (κ1) is 24.5. The fourth-order valence-electron chi connectivity index (χ4n) is 8.72. The van der Waals surface area contributed by atoms with E-state index in [0.717, 1.165) is 48.9 Å². The summed E-state index contributed by atoms with van der Waals surface area (Å²) in [5.41, 5.74) is 2.86. The third-order valence-corrected chi connectivity index (χ3v) is 10.6. The normalized spacial score (nSPS) is 42.2. The number of halogens is 1. The van der Waals surface area contributed by atoms with Crippen LogP contribution in [0.15, 0.2) is 42.1 Å². The fourth-order valence-corrected chi connectivity index (χ4v) is 8.72. The minimum Gasteiger partial charge on any atom is -0.458 e. The van der Waals surface area contributed by atoms with Gasteiger partial charge < -0.3 is 18.9 Å². The van der Waals surface area contributed by atoms with Gasteiger partial charge in [0.2, 0.25) is 0 Å². The maximum Gasteiger partial charge on any atom is 0.336 e. The molecule has 2 saturated heterocycles. The summed E-state index contributed by atoms with van der Waals surface area (Å²) in [6.07, 6.45) is 7.83. The summed E-state index contributed by atoms with van der Waals surface area (Å²) in [5.74, 6) is 0.264. The Bertz CT molecular complexity index is 1290. The SMILES string of the molecule is CC12CC[C@@H]3[C@]4(C)COC(c5cn[nH]c5-c5ccc(F)cc5)O[C@@H]4CC[C@@]3(C)[C@@H]1CC(C1=CCOC1=O)O2. The van der Waals surface area contributed by atoms with Crippen LogP contribution in [0.2, 0.25) is 0 Å². The Labute approximate surface area is 222 Å². The summed E-state index contributed by atoms with van der Waals surface area (Å²) in [7, 11) is 0. The summed E-state index contributed by atoms with van der Waals surface area (Å²) in [6.45, 7) is 7.96. The van der Waals surface area contributed by atoms with E-state index in [2.05, 4.69) is 31.0 Å². The van der Waals surface area contributed by atoms with Gasteiger partial charge in [-0.1, -0.05) is 13.8 Å². The summed E-state index contributed by atoms with van der Waals surface area (Å²) < 4.78 is 38.5. The zero-order chi connectivity index (χ0) is 26.3. The van der Waals surface area contributed by atoms with Gasteiger partial charge in [0, 0.05) is 11.0 Å². The summed E-state index contributed by atoms with van der Waals surface area (Å²) in [4.78, 5) is 12.3. The highest BCUT2D eigenvalue weighted by molar-refractivity contribution is 5.91. The van der Waals surface area contributed by atoms with E-state index in [9.17, 15) is 9.18 Å². The predicted molar refractivity (Wildman–Crippen MR) is 136 cm³/mol. The van der Waals surface area contributed by atoms with Gasteiger partial charge in [-0.3, -0.25) is 5.10 Å². The molecule has 2 aliphatic carbocycles. The third kappa shape index (κ3) is 3.49. The molecule has 1 aromatic carbocycles. The Morgan fingerprint density at radius 2 is 1.87 bits per heavy atom. The van der Waals surface area contributed by atoms with Gasteiger partial charge in [0.1, 0.15) is 12.4 Å². The van der Waals surface area contributed by atoms with Crippen molar-refractivity contribution in [2.45, 2.75) is 77.0 Å². The standard InChI is InChI=1S/C30H35FN2O5/c1-28-11-9-24-29(2,16-36-27(37-24)20-15-32-33-25(20)17-4-6-18(31)7-5-17)22(28)8-12-30(3)23(28)14-21(38-30)19-10-13-35-26(19)34/h4-7,10,15,21-24,27H,8-9,11-14,16H2,1-3H3,(H,32,33)/t21?,22-,23-,24+,27?,28+,29-,30?/m0/s1. The summed E-state index contributed by atoms with van der Waals surface area (Å²) >= 11 is 0. The number of nitrogens with one attached hydrogen (secondary N) is 1. The molecule has 7 nitrogen and oxygen atoms in total. The van der Waals surface area contributed by atoms with Crippen LogP contribution in [-0.4, -0.2) is 47.2 Å². The summed E-state index contributed by atoms with van der Waals surface area (Å²) in [5, 5.41) is 7.30. The number of carbonyl (C=O) groups is 1. The molecule has 202 valence electrons. The van der Waals surface area contributed by atoms with Crippen molar-refractivity contribution in [3.8, 4) is 11.3 Å². The maximum atomic E-state index is 13.5. The van der Waals surface area contributed by atoms with Gasteiger partial charge in [0.05, 0.1) is 47.4 Å². The van der Waals surface area contributed by atoms with Crippen LogP contribution in [0, 0.1) is 28.5 Å². The molecule has 0 bridgehead atoms. The molecule has 0 radical (unpaired) electrons. The lowest BCUT2D eigenvalue weighted by Gasteiger charge is -2.64. The maximum absolute atomic E-state index is 13.5. The van der Waals surface area contributed by atoms with Crippen LogP contribution in [0.1, 0.15) is 64.7 Å². The molecule has 3 aliphatic heterocycles. The van der Waals surface area contributed by atoms with Crippen LogP contribution in [0.25, 0.3) is 11.3 Å². The predicted octanol–water partition coefficient (Wildman–Crippen LogP) is 5.49. The molecule has 0 spiro atoms. The Balaban J connectivity index is 1.13. The Kier molecular flexibility index (Phi) is 5.46. The molecular weight excluding hydrogens is 487 g/mol. The first-order valence-electron chi connectivity index (χ1n) is 13.8. The molecule has 8 heteroatoms. The Morgan fingerprint density at radius 1 is 1.05 bits per heavy atom. The largest absolute Gasteiger partial charge is 0.458 e. The first-order valence-corrected chi connectivity index (χ1v) is 13.8. The minimum absolute atomic E-state index is 0.0601. The number of rotatable bonds is 3. The second-order valence-electron chi connectivity index (χ2n) is 12.6. The van der Waals surface area contributed by atoms with Gasteiger partial charge in [-0.15, -0.1) is 0 Å². The zero-order valence-electron chi connectivity index (χ0n) is 22.2. The molecule has 4 fully saturated rings. The van der Waals surface area contributed by atoms with Gasteiger partial charge in [0.25, 0.3) is 0 Å². The van der Waals surface area contributed by atoms with Crippen molar-refractivity contribution in [3.05, 3.63) is 53.5 Å². The van der Waals surface area contributed by atoms with E-state index < -0.39 is 6.29 Å². The number of carbonyl (C=O) groups excluding carboxylic acids is 1. The van der Waals surface area contributed by atoms with Crippen LogP contribution < -0.4 is 0 Å². The molecule has 1 aromatic heterocycles. The minimum atomic E-state index is -0.524. The molecule has 2 saturated carbocycles. The van der Waals surface area contributed by atoms with E-state index in [1.54, 1.807) is 18.3 Å². The molecule has 38 heavy (non-hydrogen) atoms. The Hall–Kier alpha value is -2.55. The van der Waals surface area contributed by atoms with Gasteiger partial charge in [0.15, 0.2) is 6.29 Å². The first-order chi connectivity index (χ1) is 18.2. The second kappa shape index (κ2) is 8.47. The highest BCUT2D eigenvalue weighted by atomic mass is 19.1. The summed E-state index contributed by atoms with van der Waals surface area (Å²) in [6, 6.07) is 6.37. The molecule has 4 heterocycles. The number of fused-ring (bicyclic) bond motifs is 5. The zero-order valence-corrected chi connectivity index (χ0v) is 22.2. The van der Waals surface area contributed by atoms with Gasteiger partial charge in [-0.2, -0.15) is 5.10 Å². The van der Waals surface area contributed by atoms with Crippen LogP contribution >= 0.6 is 0 Å². The van der Waals surface area contributed by atoms with Gasteiger partial charge in [-0.05, 0) is 86.6 Å². The van der Waals surface area contributed by atoms with E-state index in [-0.39, 0.29) is 40.4 Å². The smallest absolute Gasteiger partial charge is 0.336 e. The third-order valence-electron chi connectivity index (χ3n) is 10.6. The highest BCUT2D eigenvalue weighted by Crippen LogP contribution is 2.67. The molecule has 5 aliphatic rings. The number of nitrogens with zero attached hydrogens (tertiary/aromatic N) is 1. The molecule has 3 unspecified atom stereocenters. The number of cyclic esters (lactones) is 1. The number of ether oxygens (including phenoxy) is 4. The quantitative estimate of drug-likeness (QED) is 0.537. The van der Waals surface area contributed by atoms with Crippen molar-refractivity contribution >= 4 is 5.97 Å². The topological polar surface area (TPSA) is 82.7 Å². The number of hydrogen-bond donors (Lipinski definition) is 1. The molecule has 7 rings (SSSR count). The van der Waals surface area contributed by atoms with E-state index in [4.69, 9.17) is 18.9 Å². The average molecular weight is 523 g/mol. The second-order valence-corrected chi connectivity index (χ2v) is 12.6. The van der Waals surface area contributed by atoms with Crippen molar-refractivity contribution in [2.75, 3.05) is 13.2 Å². The lowest BCUT2D eigenvalue weighted by molar-refractivity contribution is -0.314. The van der Waals surface area contributed by atoms with Crippen LogP contribution in [0.3, 0.4) is 0 Å². The number of esters is 1. The molecule has 8 atom stereocenters. The van der Waals surface area contributed by atoms with Crippen molar-refractivity contribution in [3.63, 3.8) is 0 Å². The lowest BCUT2D eigenvalue weighted by atomic mass is 9.44. The van der Waals surface area contributed by atoms with Gasteiger partial charge in [-0.25, -0.2) is 9.18 Å². The monoisotopic (exact) mass is 522 g/mol. The fraction of sp³-hybridized carbons (Fsp3) is 0.600. The lowest BCUT2D eigenvalue weighted by Crippen LogP contribution is -2.63.